The summed E-state index contributed by atoms with van der Waals surface area (Å²) >= 11 is 0. The van der Waals surface area contributed by atoms with E-state index < -0.39 is 11.3 Å². The third kappa shape index (κ3) is 3.78. The highest BCUT2D eigenvalue weighted by molar-refractivity contribution is 6.03. The number of nitrogens with one attached hydrogen (secondary N) is 2. The number of carbonyl (C=O) groups excluding carboxylic acids is 2. The van der Waals surface area contributed by atoms with Gasteiger partial charge in [0.25, 0.3) is 5.91 Å². The van der Waals surface area contributed by atoms with Crippen molar-refractivity contribution in [2.45, 2.75) is 19.3 Å². The number of methoxy groups -OCH3 is 1. The minimum Gasteiger partial charge on any atom is -0.494 e. The Balaban J connectivity index is 1.54. The first-order valence-corrected chi connectivity index (χ1v) is 11.5. The van der Waals surface area contributed by atoms with Gasteiger partial charge in [-0.1, -0.05) is 6.07 Å². The normalized spacial score (nSPS) is 19.2. The number of carbonyl (C=O) groups is 2. The maximum absolute atomic E-state index is 13.3. The molecule has 1 saturated carbocycles. The molecule has 36 heavy (non-hydrogen) atoms. The van der Waals surface area contributed by atoms with Crippen LogP contribution in [0.25, 0.3) is 11.4 Å². The fourth-order valence-electron chi connectivity index (χ4n) is 4.64. The van der Waals surface area contributed by atoms with Crippen LogP contribution < -0.4 is 20.3 Å². The molecular formula is C24H25N9O3. The van der Waals surface area contributed by atoms with Crippen molar-refractivity contribution in [3.63, 3.8) is 0 Å². The highest BCUT2D eigenvalue weighted by atomic mass is 16.5. The van der Waals surface area contributed by atoms with E-state index in [2.05, 4.69) is 37.0 Å². The standard InChI is InChI=1S/C24H25N9O3/c1-26-22(34)19-17(28-16-6-4-5-15(20(16)36-3)21-27-13-32(2)31-21)11-18(29-30-19)33-10-9-24(12-25,23(33)35)14-7-8-14/h4-6,11,13-14H,7-10H2,1-3H3,(H,26,34)(H,28,29). The van der Waals surface area contributed by atoms with Gasteiger partial charge in [-0.2, -0.15) is 10.4 Å². The van der Waals surface area contributed by atoms with Crippen LogP contribution in [0.5, 0.6) is 5.75 Å². The number of amides is 2. The van der Waals surface area contributed by atoms with Crippen LogP contribution in [-0.2, 0) is 11.8 Å². The quantitative estimate of drug-likeness (QED) is 0.510. The Morgan fingerprint density at radius 2 is 2.08 bits per heavy atom. The molecule has 1 aromatic carbocycles. The molecule has 2 N–H and O–H groups in total. The first kappa shape index (κ1) is 23.2. The molecule has 3 heterocycles. The van der Waals surface area contributed by atoms with Gasteiger partial charge in [0.1, 0.15) is 11.7 Å². The Labute approximate surface area is 207 Å². The molecule has 1 aliphatic carbocycles. The van der Waals surface area contributed by atoms with Crippen LogP contribution in [0.2, 0.25) is 0 Å². The van der Waals surface area contributed by atoms with Crippen molar-refractivity contribution in [2.24, 2.45) is 18.4 Å². The number of hydrogen-bond acceptors (Lipinski definition) is 9. The molecule has 2 amide bonds. The summed E-state index contributed by atoms with van der Waals surface area (Å²) in [6.07, 6.45) is 3.79. The first-order chi connectivity index (χ1) is 17.4. The lowest BCUT2D eigenvalue weighted by atomic mass is 9.83. The van der Waals surface area contributed by atoms with Gasteiger partial charge >= 0.3 is 0 Å². The van der Waals surface area contributed by atoms with Crippen LogP contribution in [0, 0.1) is 22.7 Å². The van der Waals surface area contributed by atoms with Gasteiger partial charge in [-0.25, -0.2) is 4.98 Å². The zero-order chi connectivity index (χ0) is 25.4. The highest BCUT2D eigenvalue weighted by Crippen LogP contribution is 2.51. The van der Waals surface area contributed by atoms with Gasteiger partial charge < -0.3 is 15.4 Å². The van der Waals surface area contributed by atoms with E-state index in [1.54, 1.807) is 30.2 Å². The molecule has 0 radical (unpaired) electrons. The summed E-state index contributed by atoms with van der Waals surface area (Å²) in [5, 5.41) is 28.2. The van der Waals surface area contributed by atoms with Crippen LogP contribution in [0.1, 0.15) is 29.8 Å². The van der Waals surface area contributed by atoms with Crippen LogP contribution in [0.4, 0.5) is 17.2 Å². The van der Waals surface area contributed by atoms with E-state index in [1.165, 1.54) is 19.1 Å². The van der Waals surface area contributed by atoms with E-state index in [-0.39, 0.29) is 23.3 Å². The predicted octanol–water partition coefficient (Wildman–Crippen LogP) is 2.04. The van der Waals surface area contributed by atoms with Crippen molar-refractivity contribution in [3.05, 3.63) is 36.3 Å². The number of nitriles is 1. The van der Waals surface area contributed by atoms with E-state index >= 15 is 0 Å². The third-order valence-electron chi connectivity index (χ3n) is 6.66. The zero-order valence-electron chi connectivity index (χ0n) is 20.1. The molecule has 2 fully saturated rings. The second kappa shape index (κ2) is 8.92. The summed E-state index contributed by atoms with van der Waals surface area (Å²) in [6, 6.07) is 9.30. The molecule has 3 aromatic rings. The van der Waals surface area contributed by atoms with Gasteiger partial charge in [-0.3, -0.25) is 19.2 Å². The summed E-state index contributed by atoms with van der Waals surface area (Å²) in [4.78, 5) is 31.7. The molecule has 1 saturated heterocycles. The summed E-state index contributed by atoms with van der Waals surface area (Å²) in [5.74, 6) is 0.599. The molecule has 0 spiro atoms. The minimum atomic E-state index is -1.01. The lowest BCUT2D eigenvalue weighted by Crippen LogP contribution is -2.36. The lowest BCUT2D eigenvalue weighted by molar-refractivity contribution is -0.123. The third-order valence-corrected chi connectivity index (χ3v) is 6.66. The molecule has 184 valence electrons. The number of anilines is 3. The largest absolute Gasteiger partial charge is 0.494 e. The number of ether oxygens (including phenoxy) is 1. The number of rotatable bonds is 7. The van der Waals surface area contributed by atoms with E-state index in [0.29, 0.717) is 41.5 Å². The number of benzene rings is 1. The summed E-state index contributed by atoms with van der Waals surface area (Å²) in [5.41, 5.74) is 0.568. The zero-order valence-corrected chi connectivity index (χ0v) is 20.1. The lowest BCUT2D eigenvalue weighted by Gasteiger charge is -2.21. The Bertz CT molecular complexity index is 1390. The summed E-state index contributed by atoms with van der Waals surface area (Å²) < 4.78 is 7.26. The first-order valence-electron chi connectivity index (χ1n) is 11.5. The van der Waals surface area contributed by atoms with E-state index in [9.17, 15) is 14.9 Å². The van der Waals surface area contributed by atoms with Crippen molar-refractivity contribution in [1.29, 1.82) is 5.26 Å². The molecule has 1 aliphatic heterocycles. The van der Waals surface area contributed by atoms with Gasteiger partial charge in [0.15, 0.2) is 23.1 Å². The van der Waals surface area contributed by atoms with Gasteiger partial charge in [0.2, 0.25) is 5.91 Å². The smallest absolute Gasteiger partial charge is 0.273 e. The molecule has 0 bridgehead atoms. The predicted molar refractivity (Wildman–Crippen MR) is 129 cm³/mol. The summed E-state index contributed by atoms with van der Waals surface area (Å²) in [6.45, 7) is 0.362. The fourth-order valence-corrected chi connectivity index (χ4v) is 4.64. The molecule has 1 atom stereocenters. The van der Waals surface area contributed by atoms with Crippen LogP contribution in [-0.4, -0.2) is 57.5 Å². The molecule has 5 rings (SSSR count). The molecule has 2 aliphatic rings. The van der Waals surface area contributed by atoms with Gasteiger partial charge in [-0.05, 0) is 37.3 Å². The van der Waals surface area contributed by atoms with E-state index in [4.69, 9.17) is 4.74 Å². The van der Waals surface area contributed by atoms with Crippen molar-refractivity contribution >= 4 is 29.0 Å². The van der Waals surface area contributed by atoms with Crippen molar-refractivity contribution < 1.29 is 14.3 Å². The SMILES string of the molecule is CNC(=O)c1nnc(N2CCC(C#N)(C3CC3)C2=O)cc1Nc1cccc(-c2ncn(C)n2)c1OC. The number of para-hydroxylation sites is 1. The number of hydrogen-bond donors (Lipinski definition) is 2. The van der Waals surface area contributed by atoms with Gasteiger partial charge in [0, 0.05) is 26.7 Å². The Kier molecular flexibility index (Phi) is 5.75. The molecule has 12 nitrogen and oxygen atoms in total. The second-order valence-corrected chi connectivity index (χ2v) is 8.86. The van der Waals surface area contributed by atoms with E-state index in [0.717, 1.165) is 12.8 Å². The van der Waals surface area contributed by atoms with Crippen LogP contribution in [0.15, 0.2) is 30.6 Å². The van der Waals surface area contributed by atoms with Gasteiger partial charge in [-0.15, -0.1) is 10.2 Å². The highest BCUT2D eigenvalue weighted by Gasteiger charge is 2.57. The average Bonchev–Trinajstić information content (AvgIpc) is 3.57. The number of nitrogens with zero attached hydrogens (tertiary/aromatic N) is 7. The average molecular weight is 488 g/mol. The topological polar surface area (TPSA) is 151 Å². The van der Waals surface area contributed by atoms with Gasteiger partial charge in [0.05, 0.1) is 30.1 Å². The second-order valence-electron chi connectivity index (χ2n) is 8.86. The maximum Gasteiger partial charge on any atom is 0.273 e. The van der Waals surface area contributed by atoms with Crippen molar-refractivity contribution in [1.82, 2.24) is 30.3 Å². The Morgan fingerprint density at radius 1 is 1.28 bits per heavy atom. The molecular weight excluding hydrogens is 462 g/mol. The number of aryl methyl sites for hydroxylation is 1. The summed E-state index contributed by atoms with van der Waals surface area (Å²) in [7, 11) is 4.80. The molecule has 12 heteroatoms. The van der Waals surface area contributed by atoms with Crippen molar-refractivity contribution in [2.75, 3.05) is 30.9 Å². The van der Waals surface area contributed by atoms with Crippen LogP contribution >= 0.6 is 0 Å². The monoisotopic (exact) mass is 487 g/mol. The Hall–Kier alpha value is -4.53. The molecule has 2 aromatic heterocycles. The van der Waals surface area contributed by atoms with E-state index in [1.807, 2.05) is 12.1 Å². The van der Waals surface area contributed by atoms with Crippen molar-refractivity contribution in [3.8, 4) is 23.2 Å². The fraction of sp³-hybridized carbons (Fsp3) is 0.375. The maximum atomic E-state index is 13.3. The molecule has 1 unspecified atom stereocenters. The van der Waals surface area contributed by atoms with Crippen LogP contribution in [0.3, 0.4) is 0 Å². The number of aromatic nitrogens is 5. The Morgan fingerprint density at radius 3 is 2.72 bits per heavy atom. The minimum absolute atomic E-state index is 0.0463.